The Morgan fingerprint density at radius 3 is 1.91 bits per heavy atom. The van der Waals surface area contributed by atoms with Gasteiger partial charge < -0.3 is 29.4 Å². The summed E-state index contributed by atoms with van der Waals surface area (Å²) in [7, 11) is 6.30. The molecule has 3 aromatic carbocycles. The number of rotatable bonds is 9. The lowest BCUT2D eigenvalue weighted by atomic mass is 10.1. The maximum Gasteiger partial charge on any atom is 0.203 e. The molecule has 0 fully saturated rings. The first-order valence-electron chi connectivity index (χ1n) is 11.0. The van der Waals surface area contributed by atoms with Crippen molar-refractivity contribution in [2.45, 2.75) is 6.92 Å². The molecule has 0 aliphatic rings. The van der Waals surface area contributed by atoms with Crippen molar-refractivity contribution < 1.29 is 23.7 Å². The molecule has 35 heavy (non-hydrogen) atoms. The lowest BCUT2D eigenvalue weighted by Crippen LogP contribution is -2.03. The molecule has 4 rings (SSSR count). The van der Waals surface area contributed by atoms with Crippen molar-refractivity contribution >= 4 is 5.69 Å². The molecule has 9 nitrogen and oxygen atoms in total. The molecule has 9 heteroatoms. The van der Waals surface area contributed by atoms with Gasteiger partial charge >= 0.3 is 0 Å². The number of ether oxygens (including phenoxy) is 5. The second kappa shape index (κ2) is 10.3. The van der Waals surface area contributed by atoms with Gasteiger partial charge in [-0.1, -0.05) is 0 Å². The fourth-order valence-electron chi connectivity index (χ4n) is 3.83. The summed E-state index contributed by atoms with van der Waals surface area (Å²) in [6, 6.07) is 16.8. The molecule has 0 saturated carbocycles. The molecule has 1 aromatic heterocycles. The van der Waals surface area contributed by atoms with E-state index >= 15 is 0 Å². The second-order valence-corrected chi connectivity index (χ2v) is 7.48. The van der Waals surface area contributed by atoms with Gasteiger partial charge in [-0.25, -0.2) is 0 Å². The number of hydrogen-bond acceptors (Lipinski definition) is 8. The van der Waals surface area contributed by atoms with Crippen LogP contribution in [0.1, 0.15) is 6.92 Å². The molecule has 4 aromatic rings. The third kappa shape index (κ3) is 4.52. The van der Waals surface area contributed by atoms with Crippen LogP contribution in [0, 0.1) is 0 Å². The first-order valence-corrected chi connectivity index (χ1v) is 11.0. The molecule has 2 N–H and O–H groups in total. The Balaban J connectivity index is 1.96. The predicted molar refractivity (Wildman–Crippen MR) is 134 cm³/mol. The predicted octanol–water partition coefficient (Wildman–Crippen LogP) is 4.62. The van der Waals surface area contributed by atoms with E-state index < -0.39 is 0 Å². The summed E-state index contributed by atoms with van der Waals surface area (Å²) in [5.41, 5.74) is 9.15. The van der Waals surface area contributed by atoms with Crippen LogP contribution in [0.15, 0.2) is 54.6 Å². The van der Waals surface area contributed by atoms with Crippen LogP contribution in [0.4, 0.5) is 5.69 Å². The van der Waals surface area contributed by atoms with Crippen LogP contribution in [0.5, 0.6) is 28.7 Å². The van der Waals surface area contributed by atoms with Crippen molar-refractivity contribution in [1.82, 2.24) is 14.8 Å². The topological polar surface area (TPSA) is 103 Å². The van der Waals surface area contributed by atoms with Crippen LogP contribution >= 0.6 is 0 Å². The Bertz CT molecular complexity index is 1290. The summed E-state index contributed by atoms with van der Waals surface area (Å²) >= 11 is 0. The van der Waals surface area contributed by atoms with Gasteiger partial charge in [0, 0.05) is 28.6 Å². The van der Waals surface area contributed by atoms with Crippen molar-refractivity contribution in [1.29, 1.82) is 0 Å². The molecular weight excluding hydrogens is 448 g/mol. The van der Waals surface area contributed by atoms with Crippen LogP contribution < -0.4 is 29.4 Å². The number of hydrogen-bond donors (Lipinski definition) is 1. The zero-order chi connectivity index (χ0) is 24.9. The van der Waals surface area contributed by atoms with Crippen molar-refractivity contribution in [3.63, 3.8) is 0 Å². The Hall–Kier alpha value is -4.40. The lowest BCUT2D eigenvalue weighted by molar-refractivity contribution is 0.324. The Morgan fingerprint density at radius 1 is 0.743 bits per heavy atom. The first-order chi connectivity index (χ1) is 17.0. The maximum absolute atomic E-state index is 6.38. The molecule has 0 saturated heterocycles. The van der Waals surface area contributed by atoms with Gasteiger partial charge in [0.1, 0.15) is 11.5 Å². The smallest absolute Gasteiger partial charge is 0.203 e. The third-order valence-corrected chi connectivity index (χ3v) is 5.49. The number of nitrogens with zero attached hydrogens (tertiary/aromatic N) is 3. The van der Waals surface area contributed by atoms with Gasteiger partial charge in [0.25, 0.3) is 0 Å². The average molecular weight is 477 g/mol. The van der Waals surface area contributed by atoms with E-state index in [1.807, 2.05) is 60.0 Å². The van der Waals surface area contributed by atoms with E-state index in [0.29, 0.717) is 52.5 Å². The standard InChI is InChI=1S/C26H28N4O5/c1-6-35-18-9-7-17(8-10-18)30-25(16-13-22(32-3)24(34-5)23(14-16)33-4)28-29-26(30)20-12-11-19(31-2)15-21(20)27/h7-15H,6,27H2,1-5H3. The number of aromatic nitrogens is 3. The van der Waals surface area contributed by atoms with Gasteiger partial charge in [-0.2, -0.15) is 0 Å². The van der Waals surface area contributed by atoms with Crippen molar-refractivity contribution in [3.8, 4) is 57.2 Å². The Labute approximate surface area is 204 Å². The summed E-state index contributed by atoms with van der Waals surface area (Å²) in [5.74, 6) is 4.07. The van der Waals surface area contributed by atoms with Crippen LogP contribution in [-0.4, -0.2) is 49.8 Å². The van der Waals surface area contributed by atoms with Gasteiger partial charge in [0.15, 0.2) is 23.1 Å². The average Bonchev–Trinajstić information content (AvgIpc) is 3.33. The van der Waals surface area contributed by atoms with E-state index in [1.165, 1.54) is 0 Å². The molecule has 0 spiro atoms. The molecule has 0 radical (unpaired) electrons. The Morgan fingerprint density at radius 2 is 1.37 bits per heavy atom. The van der Waals surface area contributed by atoms with E-state index in [2.05, 4.69) is 10.2 Å². The highest BCUT2D eigenvalue weighted by molar-refractivity contribution is 5.77. The second-order valence-electron chi connectivity index (χ2n) is 7.48. The molecular formula is C26H28N4O5. The monoisotopic (exact) mass is 476 g/mol. The minimum Gasteiger partial charge on any atom is -0.497 e. The van der Waals surface area contributed by atoms with E-state index in [0.717, 1.165) is 17.0 Å². The van der Waals surface area contributed by atoms with Crippen LogP contribution in [-0.2, 0) is 0 Å². The highest BCUT2D eigenvalue weighted by Gasteiger charge is 2.22. The zero-order valence-electron chi connectivity index (χ0n) is 20.4. The fraction of sp³-hybridized carbons (Fsp3) is 0.231. The van der Waals surface area contributed by atoms with Gasteiger partial charge in [-0.15, -0.1) is 10.2 Å². The van der Waals surface area contributed by atoms with Crippen molar-refractivity contribution in [2.24, 2.45) is 0 Å². The molecule has 0 aliphatic heterocycles. The van der Waals surface area contributed by atoms with Crippen molar-refractivity contribution in [3.05, 3.63) is 54.6 Å². The highest BCUT2D eigenvalue weighted by Crippen LogP contribution is 2.42. The molecule has 0 bridgehead atoms. The van der Waals surface area contributed by atoms with Crippen LogP contribution in [0.3, 0.4) is 0 Å². The molecule has 0 aliphatic carbocycles. The number of anilines is 1. The van der Waals surface area contributed by atoms with E-state index in [9.17, 15) is 0 Å². The quantitative estimate of drug-likeness (QED) is 0.349. The van der Waals surface area contributed by atoms with Crippen LogP contribution in [0.2, 0.25) is 0 Å². The SMILES string of the molecule is CCOc1ccc(-n2c(-c3cc(OC)c(OC)c(OC)c3)nnc2-c2ccc(OC)cc2N)cc1. The Kier molecular flexibility index (Phi) is 6.96. The zero-order valence-corrected chi connectivity index (χ0v) is 20.4. The minimum absolute atomic E-state index is 0.491. The van der Waals surface area contributed by atoms with Crippen molar-refractivity contribution in [2.75, 3.05) is 40.8 Å². The van der Waals surface area contributed by atoms with Gasteiger partial charge in [-0.3, -0.25) is 4.57 Å². The molecule has 1 heterocycles. The fourth-order valence-corrected chi connectivity index (χ4v) is 3.83. The molecule has 0 amide bonds. The number of benzene rings is 3. The van der Waals surface area contributed by atoms with Gasteiger partial charge in [-0.05, 0) is 55.5 Å². The maximum atomic E-state index is 6.38. The van der Waals surface area contributed by atoms with Gasteiger partial charge in [0.05, 0.1) is 35.0 Å². The summed E-state index contributed by atoms with van der Waals surface area (Å²) < 4.78 is 29.4. The summed E-state index contributed by atoms with van der Waals surface area (Å²) in [5, 5.41) is 9.05. The first kappa shape index (κ1) is 23.7. The van der Waals surface area contributed by atoms with Crippen LogP contribution in [0.25, 0.3) is 28.5 Å². The number of nitrogen functional groups attached to an aromatic ring is 1. The van der Waals surface area contributed by atoms with Gasteiger partial charge in [0.2, 0.25) is 5.75 Å². The molecule has 0 atom stereocenters. The summed E-state index contributed by atoms with van der Waals surface area (Å²) in [4.78, 5) is 0. The third-order valence-electron chi connectivity index (χ3n) is 5.49. The van der Waals surface area contributed by atoms with E-state index in [4.69, 9.17) is 29.4 Å². The highest BCUT2D eigenvalue weighted by atomic mass is 16.5. The largest absolute Gasteiger partial charge is 0.497 e. The molecule has 182 valence electrons. The summed E-state index contributed by atoms with van der Waals surface area (Å²) in [6.45, 7) is 2.52. The van der Waals surface area contributed by atoms with E-state index in [-0.39, 0.29) is 0 Å². The molecule has 0 unspecified atom stereocenters. The minimum atomic E-state index is 0.491. The normalized spacial score (nSPS) is 10.7. The lowest BCUT2D eigenvalue weighted by Gasteiger charge is -2.16. The summed E-state index contributed by atoms with van der Waals surface area (Å²) in [6.07, 6.45) is 0. The van der Waals surface area contributed by atoms with E-state index in [1.54, 1.807) is 34.5 Å². The number of nitrogens with two attached hydrogens (primary N) is 1. The number of methoxy groups -OCH3 is 4.